The normalized spacial score (nSPS) is 17.6. The van der Waals surface area contributed by atoms with Crippen LogP contribution in [-0.4, -0.2) is 31.0 Å². The van der Waals surface area contributed by atoms with Gasteiger partial charge in [-0.3, -0.25) is 14.5 Å². The fraction of sp³-hybridized carbons (Fsp3) is 0.167. The number of aliphatic hydroxyl groups is 1. The zero-order valence-corrected chi connectivity index (χ0v) is 19.2. The summed E-state index contributed by atoms with van der Waals surface area (Å²) in [5.74, 6) is -0.804. The first-order valence-electron chi connectivity index (χ1n) is 9.70. The van der Waals surface area contributed by atoms with E-state index in [1.807, 2.05) is 18.4 Å². The van der Waals surface area contributed by atoms with Gasteiger partial charge in [0.2, 0.25) is 0 Å². The minimum absolute atomic E-state index is 0.00426. The number of carbonyl (C=O) groups excluding carboxylic acids is 2. The van der Waals surface area contributed by atoms with Gasteiger partial charge in [0, 0.05) is 22.2 Å². The van der Waals surface area contributed by atoms with Crippen molar-refractivity contribution >= 4 is 46.1 Å². The number of methoxy groups -OCH3 is 2. The summed E-state index contributed by atoms with van der Waals surface area (Å²) in [6.07, 6.45) is 0. The van der Waals surface area contributed by atoms with Crippen LogP contribution < -0.4 is 14.4 Å². The molecule has 1 unspecified atom stereocenters. The number of halogens is 1. The van der Waals surface area contributed by atoms with Gasteiger partial charge in [-0.15, -0.1) is 11.3 Å². The van der Waals surface area contributed by atoms with Crippen molar-refractivity contribution in [3.63, 3.8) is 0 Å². The fourth-order valence-electron chi connectivity index (χ4n) is 3.74. The minimum atomic E-state index is -0.789. The van der Waals surface area contributed by atoms with E-state index in [0.29, 0.717) is 22.7 Å². The maximum Gasteiger partial charge on any atom is 0.300 e. The van der Waals surface area contributed by atoms with E-state index >= 15 is 0 Å². The van der Waals surface area contributed by atoms with Crippen molar-refractivity contribution in [2.24, 2.45) is 0 Å². The molecule has 0 saturated carbocycles. The van der Waals surface area contributed by atoms with Gasteiger partial charge in [0.15, 0.2) is 0 Å². The van der Waals surface area contributed by atoms with Crippen molar-refractivity contribution in [1.29, 1.82) is 0 Å². The Hall–Kier alpha value is -3.29. The van der Waals surface area contributed by atoms with Crippen LogP contribution in [0, 0.1) is 6.92 Å². The van der Waals surface area contributed by atoms with Crippen LogP contribution in [0.5, 0.6) is 11.5 Å². The predicted octanol–water partition coefficient (Wildman–Crippen LogP) is 5.35. The van der Waals surface area contributed by atoms with Crippen molar-refractivity contribution < 1.29 is 24.2 Å². The molecule has 6 nitrogen and oxygen atoms in total. The first-order valence-corrected chi connectivity index (χ1v) is 11.0. The fourth-order valence-corrected chi connectivity index (χ4v) is 5.02. The van der Waals surface area contributed by atoms with Crippen LogP contribution in [-0.2, 0) is 9.59 Å². The summed E-state index contributed by atoms with van der Waals surface area (Å²) < 4.78 is 10.5. The molecule has 164 valence electrons. The molecule has 4 rings (SSSR count). The van der Waals surface area contributed by atoms with E-state index in [4.69, 9.17) is 21.1 Å². The Morgan fingerprint density at radius 2 is 1.88 bits per heavy atom. The second-order valence-electron chi connectivity index (χ2n) is 7.19. The third-order valence-corrected chi connectivity index (χ3v) is 6.72. The molecule has 1 aliphatic heterocycles. The van der Waals surface area contributed by atoms with Crippen LogP contribution in [0.3, 0.4) is 0 Å². The molecule has 3 aromatic rings. The van der Waals surface area contributed by atoms with Gasteiger partial charge in [-0.1, -0.05) is 17.7 Å². The van der Waals surface area contributed by atoms with E-state index < -0.39 is 17.7 Å². The van der Waals surface area contributed by atoms with Crippen LogP contribution in [0.15, 0.2) is 59.5 Å². The van der Waals surface area contributed by atoms with Gasteiger partial charge in [0.1, 0.15) is 23.3 Å². The molecule has 1 aromatic heterocycles. The molecule has 1 atom stereocenters. The number of ketones is 1. The van der Waals surface area contributed by atoms with Gasteiger partial charge in [-0.05, 0) is 54.3 Å². The lowest BCUT2D eigenvalue weighted by Gasteiger charge is -2.25. The standard InChI is InChI=1S/C24H20ClNO5S/c1-13-9-10-32-23(13)20-19(21(27)14-7-8-18(31-3)17(25)11-14)22(28)24(29)26(20)15-5-4-6-16(12-15)30-2/h4-12,20,27H,1-3H3/b21-19-. The van der Waals surface area contributed by atoms with Gasteiger partial charge >= 0.3 is 0 Å². The SMILES string of the molecule is COc1cccc(N2C(=O)C(=O)/C(=C(\O)c3ccc(OC)c(Cl)c3)C2c2sccc2C)c1. The molecule has 1 fully saturated rings. The first kappa shape index (κ1) is 21.9. The highest BCUT2D eigenvalue weighted by atomic mass is 35.5. The van der Waals surface area contributed by atoms with E-state index in [1.165, 1.54) is 36.5 Å². The summed E-state index contributed by atoms with van der Waals surface area (Å²) in [6.45, 7) is 1.90. The molecule has 1 saturated heterocycles. The number of Topliss-reactive ketones (excluding diaryl/α,β-unsaturated/α-hetero) is 1. The van der Waals surface area contributed by atoms with Crippen LogP contribution >= 0.6 is 22.9 Å². The summed E-state index contributed by atoms with van der Waals surface area (Å²) >= 11 is 7.65. The van der Waals surface area contributed by atoms with E-state index in [-0.39, 0.29) is 16.4 Å². The Morgan fingerprint density at radius 1 is 1.09 bits per heavy atom. The lowest BCUT2D eigenvalue weighted by atomic mass is 9.98. The zero-order chi connectivity index (χ0) is 23.0. The summed E-state index contributed by atoms with van der Waals surface area (Å²) in [6, 6.07) is 12.7. The summed E-state index contributed by atoms with van der Waals surface area (Å²) in [5, 5.41) is 13.4. The third kappa shape index (κ3) is 3.63. The van der Waals surface area contributed by atoms with Crippen molar-refractivity contribution in [3.05, 3.63) is 80.5 Å². The molecule has 32 heavy (non-hydrogen) atoms. The van der Waals surface area contributed by atoms with E-state index in [1.54, 1.807) is 36.4 Å². The topological polar surface area (TPSA) is 76.1 Å². The molecule has 0 aliphatic carbocycles. The average Bonchev–Trinajstić information content (AvgIpc) is 3.33. The molecule has 0 radical (unpaired) electrons. The number of rotatable bonds is 5. The average molecular weight is 470 g/mol. The second-order valence-corrected chi connectivity index (χ2v) is 8.54. The lowest BCUT2D eigenvalue weighted by molar-refractivity contribution is -0.132. The molecule has 0 bridgehead atoms. The number of hydrogen-bond acceptors (Lipinski definition) is 6. The minimum Gasteiger partial charge on any atom is -0.507 e. The number of aliphatic hydroxyl groups excluding tert-OH is 1. The van der Waals surface area contributed by atoms with Crippen molar-refractivity contribution in [2.45, 2.75) is 13.0 Å². The molecule has 2 heterocycles. The van der Waals surface area contributed by atoms with Crippen molar-refractivity contribution in [3.8, 4) is 11.5 Å². The Morgan fingerprint density at radius 3 is 2.50 bits per heavy atom. The number of nitrogens with zero attached hydrogens (tertiary/aromatic N) is 1. The highest BCUT2D eigenvalue weighted by Crippen LogP contribution is 2.45. The second kappa shape index (κ2) is 8.68. The van der Waals surface area contributed by atoms with Crippen molar-refractivity contribution in [1.82, 2.24) is 0 Å². The number of benzene rings is 2. The molecule has 8 heteroatoms. The van der Waals surface area contributed by atoms with Gasteiger partial charge < -0.3 is 14.6 Å². The Bertz CT molecular complexity index is 1250. The van der Waals surface area contributed by atoms with Gasteiger partial charge in [0.25, 0.3) is 11.7 Å². The molecular weight excluding hydrogens is 450 g/mol. The van der Waals surface area contributed by atoms with Gasteiger partial charge in [-0.2, -0.15) is 0 Å². The number of anilines is 1. The van der Waals surface area contributed by atoms with Crippen LogP contribution in [0.1, 0.15) is 22.0 Å². The quantitative estimate of drug-likeness (QED) is 0.309. The van der Waals surface area contributed by atoms with E-state index in [2.05, 4.69) is 0 Å². The predicted molar refractivity (Wildman–Crippen MR) is 125 cm³/mol. The van der Waals surface area contributed by atoms with Gasteiger partial charge in [-0.25, -0.2) is 0 Å². The van der Waals surface area contributed by atoms with Crippen molar-refractivity contribution in [2.75, 3.05) is 19.1 Å². The lowest BCUT2D eigenvalue weighted by Crippen LogP contribution is -2.29. The molecule has 2 aromatic carbocycles. The maximum absolute atomic E-state index is 13.2. The number of carbonyl (C=O) groups is 2. The zero-order valence-electron chi connectivity index (χ0n) is 17.6. The Balaban J connectivity index is 1.94. The number of aryl methyl sites for hydroxylation is 1. The number of amides is 1. The molecule has 0 spiro atoms. The van der Waals surface area contributed by atoms with E-state index in [9.17, 15) is 14.7 Å². The largest absolute Gasteiger partial charge is 0.507 e. The summed E-state index contributed by atoms with van der Waals surface area (Å²) in [4.78, 5) is 28.6. The third-order valence-electron chi connectivity index (χ3n) is 5.35. The van der Waals surface area contributed by atoms with Crippen LogP contribution in [0.4, 0.5) is 5.69 Å². The molecule has 1 N–H and O–H groups in total. The Labute approximate surface area is 194 Å². The smallest absolute Gasteiger partial charge is 0.300 e. The van der Waals surface area contributed by atoms with Crippen LogP contribution in [0.2, 0.25) is 5.02 Å². The molecule has 1 aliphatic rings. The highest BCUT2D eigenvalue weighted by molar-refractivity contribution is 7.10. The number of ether oxygens (including phenoxy) is 2. The monoisotopic (exact) mass is 469 g/mol. The number of thiophene rings is 1. The summed E-state index contributed by atoms with van der Waals surface area (Å²) in [7, 11) is 3.02. The maximum atomic E-state index is 13.2. The molecular formula is C24H20ClNO5S. The number of hydrogen-bond donors (Lipinski definition) is 1. The highest BCUT2D eigenvalue weighted by Gasteiger charge is 2.48. The first-order chi connectivity index (χ1) is 15.4. The Kier molecular flexibility index (Phi) is 5.95. The van der Waals surface area contributed by atoms with Gasteiger partial charge in [0.05, 0.1) is 24.8 Å². The van der Waals surface area contributed by atoms with E-state index in [0.717, 1.165) is 10.4 Å². The molecule has 1 amide bonds. The summed E-state index contributed by atoms with van der Waals surface area (Å²) in [5.41, 5.74) is 1.73. The van der Waals surface area contributed by atoms with Crippen LogP contribution in [0.25, 0.3) is 5.76 Å².